The molecule has 1 saturated heterocycles. The van der Waals surface area contributed by atoms with Crippen molar-refractivity contribution in [2.45, 2.75) is 51.5 Å². The van der Waals surface area contributed by atoms with Crippen LogP contribution in [-0.4, -0.2) is 12.1 Å². The first-order valence-electron chi connectivity index (χ1n) is 5.84. The Labute approximate surface area is 96.9 Å². The molecular weight excluding hydrogens is 202 g/mol. The normalized spacial score (nSPS) is 29.6. The molecule has 1 unspecified atom stereocenters. The van der Waals surface area contributed by atoms with Gasteiger partial charge in [-0.3, -0.25) is 0 Å². The van der Waals surface area contributed by atoms with Crippen LogP contribution >= 0.6 is 11.3 Å². The molecule has 2 heterocycles. The largest absolute Gasteiger partial charge is 0.311 e. The third kappa shape index (κ3) is 1.64. The van der Waals surface area contributed by atoms with Gasteiger partial charge in [-0.05, 0) is 45.4 Å². The van der Waals surface area contributed by atoms with Crippen molar-refractivity contribution in [2.24, 2.45) is 0 Å². The fourth-order valence-corrected chi connectivity index (χ4v) is 3.71. The first kappa shape index (κ1) is 11.2. The van der Waals surface area contributed by atoms with Gasteiger partial charge in [-0.1, -0.05) is 13.8 Å². The summed E-state index contributed by atoms with van der Waals surface area (Å²) in [6, 6.07) is 4.62. The van der Waals surface area contributed by atoms with Crippen molar-refractivity contribution in [2.75, 3.05) is 6.54 Å². The van der Waals surface area contributed by atoms with E-state index in [1.165, 1.54) is 11.3 Å². The fourth-order valence-electron chi connectivity index (χ4n) is 2.43. The summed E-state index contributed by atoms with van der Waals surface area (Å²) in [5, 5.41) is 3.62. The van der Waals surface area contributed by atoms with Crippen LogP contribution in [0.25, 0.3) is 0 Å². The fraction of sp³-hybridized carbons (Fsp3) is 0.692. The maximum Gasteiger partial charge on any atom is 0.0227 e. The van der Waals surface area contributed by atoms with Gasteiger partial charge in [0.05, 0.1) is 0 Å². The van der Waals surface area contributed by atoms with E-state index in [0.717, 1.165) is 13.0 Å². The van der Waals surface area contributed by atoms with E-state index in [4.69, 9.17) is 0 Å². The third-order valence-corrected chi connectivity index (χ3v) is 5.62. The minimum Gasteiger partial charge on any atom is -0.311 e. The van der Waals surface area contributed by atoms with Gasteiger partial charge in [0.25, 0.3) is 0 Å². The highest BCUT2D eigenvalue weighted by molar-refractivity contribution is 7.12. The zero-order valence-electron chi connectivity index (χ0n) is 10.2. The number of hydrogen-bond donors (Lipinski definition) is 1. The van der Waals surface area contributed by atoms with Crippen molar-refractivity contribution in [1.82, 2.24) is 5.32 Å². The molecule has 0 aromatic carbocycles. The molecule has 15 heavy (non-hydrogen) atoms. The molecule has 1 fully saturated rings. The second kappa shape index (κ2) is 3.60. The Kier molecular flexibility index (Phi) is 2.68. The Balaban J connectivity index is 2.36. The van der Waals surface area contributed by atoms with Gasteiger partial charge < -0.3 is 5.32 Å². The molecule has 2 rings (SSSR count). The lowest BCUT2D eigenvalue weighted by Crippen LogP contribution is -2.47. The van der Waals surface area contributed by atoms with Crippen LogP contribution in [0.15, 0.2) is 12.1 Å². The lowest BCUT2D eigenvalue weighted by Gasteiger charge is -2.37. The Morgan fingerprint density at radius 2 is 2.07 bits per heavy atom. The summed E-state index contributed by atoms with van der Waals surface area (Å²) >= 11 is 1.99. The third-order valence-electron chi connectivity index (χ3n) is 4.13. The highest BCUT2D eigenvalue weighted by Crippen LogP contribution is 2.44. The maximum absolute atomic E-state index is 3.62. The van der Waals surface area contributed by atoms with E-state index >= 15 is 0 Å². The van der Waals surface area contributed by atoms with Crippen molar-refractivity contribution in [3.63, 3.8) is 0 Å². The van der Waals surface area contributed by atoms with Crippen molar-refractivity contribution in [1.29, 1.82) is 0 Å². The summed E-state index contributed by atoms with van der Waals surface area (Å²) in [4.78, 5) is 3.06. The summed E-state index contributed by atoms with van der Waals surface area (Å²) in [5.41, 5.74) is 0.536. The lowest BCUT2D eigenvalue weighted by atomic mass is 9.73. The van der Waals surface area contributed by atoms with E-state index in [9.17, 15) is 0 Å². The SMILES string of the molecule is CCc1ccc(C2(C)CCNC2(C)C)s1. The minimum absolute atomic E-state index is 0.225. The Hall–Kier alpha value is -0.340. The van der Waals surface area contributed by atoms with E-state index in [-0.39, 0.29) is 5.54 Å². The summed E-state index contributed by atoms with van der Waals surface area (Å²) in [6.45, 7) is 10.4. The van der Waals surface area contributed by atoms with Gasteiger partial charge in [0.15, 0.2) is 0 Å². The molecule has 0 aliphatic carbocycles. The predicted molar refractivity (Wildman–Crippen MR) is 67.7 cm³/mol. The Bertz CT molecular complexity index is 353. The Morgan fingerprint density at radius 3 is 2.53 bits per heavy atom. The van der Waals surface area contributed by atoms with Gasteiger partial charge in [0.2, 0.25) is 0 Å². The smallest absolute Gasteiger partial charge is 0.0227 e. The van der Waals surface area contributed by atoms with E-state index in [1.807, 2.05) is 11.3 Å². The molecule has 1 atom stereocenters. The highest BCUT2D eigenvalue weighted by atomic mass is 32.1. The van der Waals surface area contributed by atoms with Crippen LogP contribution in [0.2, 0.25) is 0 Å². The molecule has 1 N–H and O–H groups in total. The van der Waals surface area contributed by atoms with Crippen molar-refractivity contribution < 1.29 is 0 Å². The average molecular weight is 223 g/mol. The minimum atomic E-state index is 0.225. The molecule has 1 nitrogen and oxygen atoms in total. The molecule has 1 aliphatic heterocycles. The van der Waals surface area contributed by atoms with Crippen LogP contribution in [0.4, 0.5) is 0 Å². The molecule has 0 bridgehead atoms. The van der Waals surface area contributed by atoms with E-state index in [1.54, 1.807) is 4.88 Å². The Morgan fingerprint density at radius 1 is 1.33 bits per heavy atom. The van der Waals surface area contributed by atoms with Crippen LogP contribution in [0.5, 0.6) is 0 Å². The molecule has 1 aromatic heterocycles. The first-order valence-corrected chi connectivity index (χ1v) is 6.65. The number of rotatable bonds is 2. The molecular formula is C13H21NS. The van der Waals surface area contributed by atoms with Gasteiger partial charge in [-0.25, -0.2) is 0 Å². The summed E-state index contributed by atoms with van der Waals surface area (Å²) < 4.78 is 0. The highest BCUT2D eigenvalue weighted by Gasteiger charge is 2.46. The van der Waals surface area contributed by atoms with Crippen LogP contribution in [0, 0.1) is 0 Å². The van der Waals surface area contributed by atoms with E-state index in [0.29, 0.717) is 5.41 Å². The van der Waals surface area contributed by atoms with Gasteiger partial charge in [0.1, 0.15) is 0 Å². The molecule has 1 aromatic rings. The lowest BCUT2D eigenvalue weighted by molar-refractivity contribution is 0.302. The monoisotopic (exact) mass is 223 g/mol. The van der Waals surface area contributed by atoms with Gasteiger partial charge in [-0.2, -0.15) is 0 Å². The molecule has 0 amide bonds. The molecule has 0 radical (unpaired) electrons. The van der Waals surface area contributed by atoms with Gasteiger partial charge in [0, 0.05) is 20.7 Å². The summed E-state index contributed by atoms with van der Waals surface area (Å²) in [7, 11) is 0. The quantitative estimate of drug-likeness (QED) is 0.811. The molecule has 0 saturated carbocycles. The van der Waals surface area contributed by atoms with E-state index < -0.39 is 0 Å². The molecule has 0 spiro atoms. The topological polar surface area (TPSA) is 12.0 Å². The number of thiophene rings is 1. The second-order valence-electron chi connectivity index (χ2n) is 5.25. The van der Waals surface area contributed by atoms with Crippen LogP contribution in [0.1, 0.15) is 43.9 Å². The van der Waals surface area contributed by atoms with E-state index in [2.05, 4.69) is 45.1 Å². The summed E-state index contributed by atoms with van der Waals surface area (Å²) in [5.74, 6) is 0. The molecule has 2 heteroatoms. The van der Waals surface area contributed by atoms with Crippen molar-refractivity contribution >= 4 is 11.3 Å². The van der Waals surface area contributed by atoms with Crippen LogP contribution in [0.3, 0.4) is 0 Å². The standard InChI is InChI=1S/C13H21NS/c1-5-10-6-7-11(15-10)13(4)8-9-14-12(13,2)3/h6-7,14H,5,8-9H2,1-4H3. The summed E-state index contributed by atoms with van der Waals surface area (Å²) in [6.07, 6.45) is 2.41. The molecule has 84 valence electrons. The maximum atomic E-state index is 3.62. The van der Waals surface area contributed by atoms with Crippen LogP contribution < -0.4 is 5.32 Å². The number of aryl methyl sites for hydroxylation is 1. The first-order chi connectivity index (χ1) is 6.99. The van der Waals surface area contributed by atoms with Gasteiger partial charge in [-0.15, -0.1) is 11.3 Å². The zero-order chi connectivity index (χ0) is 11.1. The van der Waals surface area contributed by atoms with Crippen LogP contribution in [-0.2, 0) is 11.8 Å². The molecule has 1 aliphatic rings. The average Bonchev–Trinajstić information content (AvgIpc) is 2.73. The number of nitrogens with one attached hydrogen (secondary N) is 1. The van der Waals surface area contributed by atoms with Crippen molar-refractivity contribution in [3.8, 4) is 0 Å². The van der Waals surface area contributed by atoms with Crippen molar-refractivity contribution in [3.05, 3.63) is 21.9 Å². The zero-order valence-corrected chi connectivity index (χ0v) is 11.0. The predicted octanol–water partition coefficient (Wildman–Crippen LogP) is 3.34. The second-order valence-corrected chi connectivity index (χ2v) is 6.42. The van der Waals surface area contributed by atoms with Gasteiger partial charge >= 0.3 is 0 Å². The number of hydrogen-bond acceptors (Lipinski definition) is 2.